The van der Waals surface area contributed by atoms with Crippen LogP contribution in [0.5, 0.6) is 0 Å². The monoisotopic (exact) mass is 274 g/mol. The molecule has 0 unspecified atom stereocenters. The number of hydrogen-bond acceptors (Lipinski definition) is 4. The van der Waals surface area contributed by atoms with Crippen LogP contribution in [0.4, 0.5) is 5.69 Å². The molecule has 3 rings (SSSR count). The number of nitrogens with one attached hydrogen (secondary N) is 2. The highest BCUT2D eigenvalue weighted by Gasteiger charge is 2.12. The molecule has 0 aliphatic carbocycles. The first kappa shape index (κ1) is 13.9. The van der Waals surface area contributed by atoms with Crippen molar-refractivity contribution in [2.45, 2.75) is 13.0 Å². The first-order valence-electron chi connectivity index (χ1n) is 7.89. The standard InChI is InChI=1S/C16H26N4/c1-3-15(14-19-10-6-18-7-11-19)13-16(4-1)20-9-2-5-17-8-12-20/h1,3-4,13,17-18H,2,5-12,14H2. The summed E-state index contributed by atoms with van der Waals surface area (Å²) in [4.78, 5) is 5.06. The van der Waals surface area contributed by atoms with Gasteiger partial charge in [0.1, 0.15) is 0 Å². The lowest BCUT2D eigenvalue weighted by Crippen LogP contribution is -2.42. The molecule has 2 N–H and O–H groups in total. The van der Waals surface area contributed by atoms with E-state index in [0.717, 1.165) is 52.4 Å². The predicted molar refractivity (Wildman–Crippen MR) is 84.3 cm³/mol. The molecule has 20 heavy (non-hydrogen) atoms. The third kappa shape index (κ3) is 3.72. The van der Waals surface area contributed by atoms with Crippen LogP contribution in [-0.4, -0.2) is 57.3 Å². The van der Waals surface area contributed by atoms with E-state index in [1.165, 1.54) is 24.2 Å². The third-order valence-corrected chi connectivity index (χ3v) is 4.23. The summed E-state index contributed by atoms with van der Waals surface area (Å²) in [5.74, 6) is 0. The molecule has 4 nitrogen and oxygen atoms in total. The lowest BCUT2D eigenvalue weighted by molar-refractivity contribution is 0.233. The highest BCUT2D eigenvalue weighted by atomic mass is 15.2. The Hall–Kier alpha value is -1.10. The van der Waals surface area contributed by atoms with Crippen LogP contribution in [0.15, 0.2) is 24.3 Å². The summed E-state index contributed by atoms with van der Waals surface area (Å²) in [6.07, 6.45) is 1.24. The van der Waals surface area contributed by atoms with Crippen molar-refractivity contribution in [3.05, 3.63) is 29.8 Å². The maximum atomic E-state index is 3.47. The van der Waals surface area contributed by atoms with Crippen LogP contribution in [0.2, 0.25) is 0 Å². The summed E-state index contributed by atoms with van der Waals surface area (Å²) < 4.78 is 0. The van der Waals surface area contributed by atoms with Crippen LogP contribution >= 0.6 is 0 Å². The maximum Gasteiger partial charge on any atom is 0.0369 e. The van der Waals surface area contributed by atoms with E-state index < -0.39 is 0 Å². The lowest BCUT2D eigenvalue weighted by Gasteiger charge is -2.28. The summed E-state index contributed by atoms with van der Waals surface area (Å²) in [5, 5.41) is 6.88. The van der Waals surface area contributed by atoms with Crippen molar-refractivity contribution < 1.29 is 0 Å². The Bertz CT molecular complexity index is 407. The Labute approximate surface area is 122 Å². The third-order valence-electron chi connectivity index (χ3n) is 4.23. The summed E-state index contributed by atoms with van der Waals surface area (Å²) >= 11 is 0. The molecule has 2 heterocycles. The largest absolute Gasteiger partial charge is 0.370 e. The zero-order valence-corrected chi connectivity index (χ0v) is 12.3. The van der Waals surface area contributed by atoms with Crippen molar-refractivity contribution in [3.8, 4) is 0 Å². The molecule has 110 valence electrons. The molecular weight excluding hydrogens is 248 g/mol. The van der Waals surface area contributed by atoms with Crippen molar-refractivity contribution in [1.82, 2.24) is 15.5 Å². The molecular formula is C16H26N4. The quantitative estimate of drug-likeness (QED) is 0.857. The highest BCUT2D eigenvalue weighted by Crippen LogP contribution is 2.18. The molecule has 0 radical (unpaired) electrons. The van der Waals surface area contributed by atoms with E-state index in [0.29, 0.717) is 0 Å². The fourth-order valence-electron chi connectivity index (χ4n) is 3.08. The topological polar surface area (TPSA) is 30.5 Å². The van der Waals surface area contributed by atoms with E-state index in [1.807, 2.05) is 0 Å². The number of nitrogens with zero attached hydrogens (tertiary/aromatic N) is 2. The Morgan fingerprint density at radius 2 is 1.70 bits per heavy atom. The minimum atomic E-state index is 1.08. The van der Waals surface area contributed by atoms with Gasteiger partial charge in [-0.3, -0.25) is 4.90 Å². The summed E-state index contributed by atoms with van der Waals surface area (Å²) in [6.45, 7) is 10.2. The number of benzene rings is 1. The number of hydrogen-bond donors (Lipinski definition) is 2. The molecule has 0 atom stereocenters. The molecule has 0 aromatic heterocycles. The van der Waals surface area contributed by atoms with E-state index in [1.54, 1.807) is 0 Å². The van der Waals surface area contributed by atoms with Gasteiger partial charge in [-0.05, 0) is 30.7 Å². The van der Waals surface area contributed by atoms with E-state index in [2.05, 4.69) is 44.7 Å². The molecule has 1 aromatic carbocycles. The normalized spacial score (nSPS) is 21.7. The second kappa shape index (κ2) is 7.07. The van der Waals surface area contributed by atoms with E-state index >= 15 is 0 Å². The zero-order chi connectivity index (χ0) is 13.6. The first-order chi connectivity index (χ1) is 9.92. The molecule has 0 amide bonds. The summed E-state index contributed by atoms with van der Waals surface area (Å²) in [7, 11) is 0. The van der Waals surface area contributed by atoms with Gasteiger partial charge in [-0.1, -0.05) is 12.1 Å². The van der Waals surface area contributed by atoms with Gasteiger partial charge in [-0.25, -0.2) is 0 Å². The molecule has 1 aromatic rings. The average molecular weight is 274 g/mol. The van der Waals surface area contributed by atoms with Crippen molar-refractivity contribution in [3.63, 3.8) is 0 Å². The van der Waals surface area contributed by atoms with Gasteiger partial charge in [0.25, 0.3) is 0 Å². The smallest absolute Gasteiger partial charge is 0.0369 e. The fraction of sp³-hybridized carbons (Fsp3) is 0.625. The molecule has 2 fully saturated rings. The van der Waals surface area contributed by atoms with Gasteiger partial charge in [0.15, 0.2) is 0 Å². The van der Waals surface area contributed by atoms with Gasteiger partial charge in [0.05, 0.1) is 0 Å². The van der Waals surface area contributed by atoms with Crippen LogP contribution in [0.25, 0.3) is 0 Å². The van der Waals surface area contributed by atoms with Gasteiger partial charge < -0.3 is 15.5 Å². The SMILES string of the molecule is c1cc(CN2CCNCC2)cc(N2CCCNCC2)c1. The molecule has 4 heteroatoms. The van der Waals surface area contributed by atoms with Gasteiger partial charge in [0.2, 0.25) is 0 Å². The maximum absolute atomic E-state index is 3.47. The average Bonchev–Trinajstić information content (AvgIpc) is 2.78. The Kier molecular flexibility index (Phi) is 4.90. The second-order valence-electron chi connectivity index (χ2n) is 5.79. The molecule has 0 spiro atoms. The minimum Gasteiger partial charge on any atom is -0.370 e. The lowest BCUT2D eigenvalue weighted by atomic mass is 10.1. The van der Waals surface area contributed by atoms with E-state index in [-0.39, 0.29) is 0 Å². The van der Waals surface area contributed by atoms with Gasteiger partial charge in [-0.15, -0.1) is 0 Å². The van der Waals surface area contributed by atoms with Gasteiger partial charge in [-0.2, -0.15) is 0 Å². The molecule has 2 saturated heterocycles. The molecule has 2 aliphatic heterocycles. The van der Waals surface area contributed by atoms with E-state index in [9.17, 15) is 0 Å². The predicted octanol–water partition coefficient (Wildman–Crippen LogP) is 0.892. The van der Waals surface area contributed by atoms with Gasteiger partial charge in [0, 0.05) is 58.0 Å². The first-order valence-corrected chi connectivity index (χ1v) is 7.89. The van der Waals surface area contributed by atoms with Crippen LogP contribution in [0.1, 0.15) is 12.0 Å². The van der Waals surface area contributed by atoms with E-state index in [4.69, 9.17) is 0 Å². The van der Waals surface area contributed by atoms with Crippen LogP contribution in [0.3, 0.4) is 0 Å². The Balaban J connectivity index is 1.65. The molecule has 0 bridgehead atoms. The van der Waals surface area contributed by atoms with Crippen LogP contribution in [0, 0.1) is 0 Å². The Morgan fingerprint density at radius 3 is 2.60 bits per heavy atom. The number of piperazine rings is 1. The highest BCUT2D eigenvalue weighted by molar-refractivity contribution is 5.48. The van der Waals surface area contributed by atoms with Crippen molar-refractivity contribution in [1.29, 1.82) is 0 Å². The van der Waals surface area contributed by atoms with Crippen molar-refractivity contribution in [2.75, 3.05) is 57.3 Å². The second-order valence-corrected chi connectivity index (χ2v) is 5.79. The van der Waals surface area contributed by atoms with Crippen molar-refractivity contribution >= 4 is 5.69 Å². The number of rotatable bonds is 3. The van der Waals surface area contributed by atoms with Crippen LogP contribution in [-0.2, 0) is 6.54 Å². The molecule has 2 aliphatic rings. The Morgan fingerprint density at radius 1 is 0.900 bits per heavy atom. The molecule has 0 saturated carbocycles. The minimum absolute atomic E-state index is 1.08. The van der Waals surface area contributed by atoms with Crippen molar-refractivity contribution in [2.24, 2.45) is 0 Å². The van der Waals surface area contributed by atoms with Crippen LogP contribution < -0.4 is 15.5 Å². The van der Waals surface area contributed by atoms with Gasteiger partial charge >= 0.3 is 0 Å². The fourth-order valence-corrected chi connectivity index (χ4v) is 3.08. The summed E-state index contributed by atoms with van der Waals surface area (Å²) in [6, 6.07) is 9.12. The zero-order valence-electron chi connectivity index (χ0n) is 12.3. The summed E-state index contributed by atoms with van der Waals surface area (Å²) in [5.41, 5.74) is 2.84. The number of anilines is 1.